The highest BCUT2D eigenvalue weighted by Gasteiger charge is 2.63. The molecular weight excluding hydrogens is 636 g/mol. The van der Waals surface area contributed by atoms with Gasteiger partial charge in [0.05, 0.1) is 11.3 Å². The van der Waals surface area contributed by atoms with Crippen LogP contribution in [0.2, 0.25) is 0 Å². The fourth-order valence-corrected chi connectivity index (χ4v) is 9.01. The lowest BCUT2D eigenvalue weighted by molar-refractivity contribution is -0.141. The van der Waals surface area contributed by atoms with E-state index in [2.05, 4.69) is 15.4 Å². The first-order chi connectivity index (χ1) is 22.9. The van der Waals surface area contributed by atoms with E-state index in [1.807, 2.05) is 48.6 Å². The molecule has 2 aromatic carbocycles. The number of fused-ring (bicyclic) bond motifs is 5. The monoisotopic (exact) mass is 678 g/mol. The second kappa shape index (κ2) is 11.8. The van der Waals surface area contributed by atoms with Crippen molar-refractivity contribution in [2.24, 2.45) is 5.92 Å². The molecule has 4 amide bonds. The van der Waals surface area contributed by atoms with Crippen molar-refractivity contribution >= 4 is 44.6 Å². The number of hydrogen-bond acceptors (Lipinski definition) is 7. The van der Waals surface area contributed by atoms with Gasteiger partial charge >= 0.3 is 6.09 Å². The van der Waals surface area contributed by atoms with Gasteiger partial charge in [0.2, 0.25) is 21.8 Å². The lowest BCUT2D eigenvalue weighted by Crippen LogP contribution is -2.58. The molecule has 3 aliphatic heterocycles. The van der Waals surface area contributed by atoms with Gasteiger partial charge in [0.15, 0.2) is 0 Å². The standard InChI is InChI=1S/C35H42N4O8S/c1-33(17-18-33)48(45,46)38-31(42)35-19-23(35)10-5-3-2-4-6-12-26(36-32(43)44)30(41)39-21-34(20-27(39)29(40)37-35)16-15-25-24-11-8-7-9-22(24)13-14-28(25)47-34/h5,7-11,13-14,23,26-27,36H,2-4,6,12,15-21H2,1H3,(H,37,40)(H,38,42)(H,43,44)/t23-,26+,27+,34+,35-/m1/s1. The molecule has 2 aromatic rings. The molecule has 0 unspecified atom stereocenters. The Bertz CT molecular complexity index is 1820. The molecular formula is C35H42N4O8S. The summed E-state index contributed by atoms with van der Waals surface area (Å²) in [5, 5.41) is 17.1. The van der Waals surface area contributed by atoms with Crippen molar-refractivity contribution in [3.05, 3.63) is 54.1 Å². The van der Waals surface area contributed by atoms with Crippen LogP contribution in [0.5, 0.6) is 5.75 Å². The molecule has 1 spiro atoms. The molecule has 13 heteroatoms. The Balaban J connectivity index is 1.22. The van der Waals surface area contributed by atoms with Gasteiger partial charge in [0, 0.05) is 17.9 Å². The smallest absolute Gasteiger partial charge is 0.405 e. The van der Waals surface area contributed by atoms with E-state index in [-0.39, 0.29) is 25.8 Å². The zero-order valence-corrected chi connectivity index (χ0v) is 27.8. The number of ether oxygens (including phenoxy) is 1. The number of aryl methyl sites for hydroxylation is 1. The summed E-state index contributed by atoms with van der Waals surface area (Å²) in [7, 11) is -3.96. The Morgan fingerprint density at radius 2 is 1.83 bits per heavy atom. The van der Waals surface area contributed by atoms with Gasteiger partial charge in [-0.25, -0.2) is 13.2 Å². The van der Waals surface area contributed by atoms with Crippen LogP contribution in [0.3, 0.4) is 0 Å². The Labute approximate surface area is 279 Å². The van der Waals surface area contributed by atoms with Crippen LogP contribution in [-0.2, 0) is 30.8 Å². The predicted molar refractivity (Wildman–Crippen MR) is 177 cm³/mol. The Hall–Kier alpha value is -4.13. The fraction of sp³-hybridized carbons (Fsp3) is 0.543. The first-order valence-electron chi connectivity index (χ1n) is 16.9. The number of carbonyl (C=O) groups excluding carboxylic acids is 3. The number of nitrogens with zero attached hydrogens (tertiary/aromatic N) is 1. The third-order valence-corrected chi connectivity index (χ3v) is 13.2. The number of sulfonamides is 1. The van der Waals surface area contributed by atoms with Gasteiger partial charge in [-0.2, -0.15) is 0 Å². The van der Waals surface area contributed by atoms with Crippen molar-refractivity contribution in [2.75, 3.05) is 6.54 Å². The summed E-state index contributed by atoms with van der Waals surface area (Å²) in [5.74, 6) is -1.64. The van der Waals surface area contributed by atoms with Crippen molar-refractivity contribution in [1.29, 1.82) is 0 Å². The minimum atomic E-state index is -3.96. The minimum Gasteiger partial charge on any atom is -0.485 e. The quantitative estimate of drug-likeness (QED) is 0.356. The van der Waals surface area contributed by atoms with E-state index in [0.717, 1.165) is 29.2 Å². The minimum absolute atomic E-state index is 0.0588. The number of allylic oxidation sites excluding steroid dienone is 1. The largest absolute Gasteiger partial charge is 0.485 e. The van der Waals surface area contributed by atoms with E-state index in [1.165, 1.54) is 4.90 Å². The summed E-state index contributed by atoms with van der Waals surface area (Å²) in [6.07, 6.45) is 7.99. The van der Waals surface area contributed by atoms with Gasteiger partial charge in [-0.15, -0.1) is 0 Å². The number of hydrogen-bond donors (Lipinski definition) is 4. The number of benzene rings is 2. The molecule has 4 N–H and O–H groups in total. The second-order valence-corrected chi connectivity index (χ2v) is 16.7. The molecule has 2 aliphatic carbocycles. The third-order valence-electron chi connectivity index (χ3n) is 11.1. The van der Waals surface area contributed by atoms with Crippen molar-refractivity contribution < 1.29 is 37.4 Å². The van der Waals surface area contributed by atoms with Crippen LogP contribution >= 0.6 is 0 Å². The maximum atomic E-state index is 14.3. The van der Waals surface area contributed by atoms with Crippen molar-refractivity contribution in [1.82, 2.24) is 20.3 Å². The molecule has 3 fully saturated rings. The zero-order valence-electron chi connectivity index (χ0n) is 27.0. The first-order valence-corrected chi connectivity index (χ1v) is 18.4. The topological polar surface area (TPSA) is 171 Å². The van der Waals surface area contributed by atoms with E-state index in [0.29, 0.717) is 44.3 Å². The van der Waals surface area contributed by atoms with Gasteiger partial charge in [0.25, 0.3) is 5.91 Å². The lowest BCUT2D eigenvalue weighted by atomic mass is 9.87. The Kier molecular flexibility index (Phi) is 7.96. The summed E-state index contributed by atoms with van der Waals surface area (Å²) in [6, 6.07) is 9.77. The number of rotatable bonds is 4. The summed E-state index contributed by atoms with van der Waals surface area (Å²) < 4.78 is 34.0. The Morgan fingerprint density at radius 1 is 1.04 bits per heavy atom. The van der Waals surface area contributed by atoms with Crippen LogP contribution in [0.4, 0.5) is 4.79 Å². The molecule has 5 aliphatic rings. The maximum absolute atomic E-state index is 14.3. The third kappa shape index (κ3) is 5.79. The summed E-state index contributed by atoms with van der Waals surface area (Å²) >= 11 is 0. The van der Waals surface area contributed by atoms with E-state index >= 15 is 0 Å². The zero-order chi connectivity index (χ0) is 33.9. The van der Waals surface area contributed by atoms with E-state index in [1.54, 1.807) is 6.92 Å². The lowest BCUT2D eigenvalue weighted by Gasteiger charge is -2.36. The van der Waals surface area contributed by atoms with Crippen LogP contribution in [-0.4, -0.2) is 76.8 Å². The molecule has 256 valence electrons. The number of nitrogens with one attached hydrogen (secondary N) is 3. The molecule has 0 radical (unpaired) electrons. The molecule has 5 atom stereocenters. The average molecular weight is 679 g/mol. The highest BCUT2D eigenvalue weighted by Crippen LogP contribution is 2.48. The summed E-state index contributed by atoms with van der Waals surface area (Å²) in [5.41, 5.74) is -1.36. The van der Waals surface area contributed by atoms with Gasteiger partial charge in [-0.3, -0.25) is 19.1 Å². The van der Waals surface area contributed by atoms with E-state index < -0.39 is 67.7 Å². The molecule has 48 heavy (non-hydrogen) atoms. The summed E-state index contributed by atoms with van der Waals surface area (Å²) in [4.78, 5) is 55.5. The molecule has 7 rings (SSSR count). The maximum Gasteiger partial charge on any atom is 0.405 e. The van der Waals surface area contributed by atoms with Gasteiger partial charge in [0.1, 0.15) is 29.0 Å². The van der Waals surface area contributed by atoms with Gasteiger partial charge in [-0.1, -0.05) is 55.3 Å². The summed E-state index contributed by atoms with van der Waals surface area (Å²) in [6.45, 7) is 1.65. The molecule has 2 saturated carbocycles. The molecule has 0 aromatic heterocycles. The van der Waals surface area contributed by atoms with Crippen LogP contribution in [0, 0.1) is 5.92 Å². The van der Waals surface area contributed by atoms with Crippen molar-refractivity contribution in [3.8, 4) is 5.75 Å². The predicted octanol–water partition coefficient (Wildman–Crippen LogP) is 3.53. The van der Waals surface area contributed by atoms with Crippen LogP contribution < -0.4 is 20.1 Å². The van der Waals surface area contributed by atoms with Crippen LogP contribution in [0.25, 0.3) is 10.8 Å². The van der Waals surface area contributed by atoms with Crippen LogP contribution in [0.15, 0.2) is 48.6 Å². The number of carboxylic acid groups (broad SMARTS) is 1. The normalized spacial score (nSPS) is 31.3. The molecule has 3 heterocycles. The van der Waals surface area contributed by atoms with Crippen LogP contribution in [0.1, 0.15) is 76.7 Å². The number of carbonyl (C=O) groups is 4. The molecule has 12 nitrogen and oxygen atoms in total. The van der Waals surface area contributed by atoms with E-state index in [9.17, 15) is 32.7 Å². The second-order valence-electron chi connectivity index (χ2n) is 14.5. The molecule has 1 saturated heterocycles. The average Bonchev–Trinajstić information content (AvgIpc) is 3.94. The van der Waals surface area contributed by atoms with Gasteiger partial charge < -0.3 is 25.4 Å². The van der Waals surface area contributed by atoms with E-state index in [4.69, 9.17) is 4.74 Å². The number of amides is 4. The highest BCUT2D eigenvalue weighted by atomic mass is 32.2. The van der Waals surface area contributed by atoms with Gasteiger partial charge in [-0.05, 0) is 75.1 Å². The van der Waals surface area contributed by atoms with Crippen molar-refractivity contribution in [2.45, 2.75) is 106 Å². The van der Waals surface area contributed by atoms with Crippen molar-refractivity contribution in [3.63, 3.8) is 0 Å². The Morgan fingerprint density at radius 3 is 2.60 bits per heavy atom. The molecule has 0 bridgehead atoms. The SMILES string of the molecule is CC1(S(=O)(=O)NC(=O)[C@@]23C[C@H]2C=CCCCCC[C@H](NC(=O)O)C(=O)N2C[C@]4(CCc5c(ccc6ccccc56)O4)C[C@H]2C(=O)N3)CC1. The first kappa shape index (κ1) is 32.4. The fourth-order valence-electron chi connectivity index (χ4n) is 7.70. The highest BCUT2D eigenvalue weighted by molar-refractivity contribution is 7.91.